The highest BCUT2D eigenvalue weighted by atomic mass is 35.5. The third-order valence-electron chi connectivity index (χ3n) is 4.49. The first-order valence-corrected chi connectivity index (χ1v) is 8.30. The van der Waals surface area contributed by atoms with E-state index in [4.69, 9.17) is 4.74 Å². The van der Waals surface area contributed by atoms with E-state index in [-0.39, 0.29) is 42.7 Å². The largest absolute Gasteiger partial charge is 0.484 e. The minimum absolute atomic E-state index is 0. The topological polar surface area (TPSA) is 61.9 Å². The van der Waals surface area contributed by atoms with E-state index in [2.05, 4.69) is 5.32 Å². The molecule has 1 N–H and O–H groups in total. The summed E-state index contributed by atoms with van der Waals surface area (Å²) in [6, 6.07) is 5.68. The van der Waals surface area contributed by atoms with E-state index in [9.17, 15) is 14.0 Å². The summed E-state index contributed by atoms with van der Waals surface area (Å²) < 4.78 is 18.3. The monoisotopic (exact) mass is 371 g/mol. The fourth-order valence-electron chi connectivity index (χ4n) is 3.21. The summed E-state index contributed by atoms with van der Waals surface area (Å²) in [5, 5.41) is 3.06. The Morgan fingerprint density at radius 3 is 2.76 bits per heavy atom. The number of rotatable bonds is 4. The number of piperidine rings is 1. The Morgan fingerprint density at radius 2 is 2.04 bits per heavy atom. The van der Waals surface area contributed by atoms with E-state index in [0.717, 1.165) is 19.4 Å². The molecule has 1 aromatic rings. The molecule has 1 aromatic carbocycles. The molecule has 0 saturated carbocycles. The van der Waals surface area contributed by atoms with Gasteiger partial charge in [-0.2, -0.15) is 0 Å². The minimum Gasteiger partial charge on any atom is -0.484 e. The molecule has 8 heteroatoms. The van der Waals surface area contributed by atoms with Crippen LogP contribution in [0.2, 0.25) is 0 Å². The molecule has 138 valence electrons. The second kappa shape index (κ2) is 9.01. The van der Waals surface area contributed by atoms with Crippen LogP contribution in [-0.2, 0) is 9.59 Å². The van der Waals surface area contributed by atoms with E-state index >= 15 is 0 Å². The zero-order chi connectivity index (χ0) is 16.9. The first-order chi connectivity index (χ1) is 11.6. The van der Waals surface area contributed by atoms with E-state index in [0.29, 0.717) is 31.9 Å². The van der Waals surface area contributed by atoms with Gasteiger partial charge in [0.25, 0.3) is 5.91 Å². The third kappa shape index (κ3) is 5.06. The van der Waals surface area contributed by atoms with Crippen LogP contribution in [0.15, 0.2) is 24.3 Å². The Hall–Kier alpha value is -1.86. The van der Waals surface area contributed by atoms with E-state index in [1.54, 1.807) is 4.90 Å². The number of likely N-dealkylation sites (tertiary alicyclic amines) is 1. The van der Waals surface area contributed by atoms with Gasteiger partial charge in [-0.15, -0.1) is 12.4 Å². The molecule has 0 aromatic heterocycles. The number of piperazine rings is 1. The summed E-state index contributed by atoms with van der Waals surface area (Å²) in [6.07, 6.45) is 1.80. The van der Waals surface area contributed by atoms with Crippen molar-refractivity contribution >= 4 is 24.2 Å². The van der Waals surface area contributed by atoms with Crippen molar-refractivity contribution in [3.8, 4) is 5.75 Å². The van der Waals surface area contributed by atoms with Crippen LogP contribution in [-0.4, -0.2) is 67.0 Å². The van der Waals surface area contributed by atoms with E-state index in [1.807, 2.05) is 4.90 Å². The lowest BCUT2D eigenvalue weighted by molar-refractivity contribution is -0.141. The number of nitrogens with zero attached hydrogens (tertiary/aromatic N) is 2. The van der Waals surface area contributed by atoms with Gasteiger partial charge in [0.2, 0.25) is 5.91 Å². The number of benzene rings is 1. The zero-order valence-electron chi connectivity index (χ0n) is 13.9. The summed E-state index contributed by atoms with van der Waals surface area (Å²) in [5.41, 5.74) is 0. The standard InChI is InChI=1S/C17H22FN3O3.ClH/c18-13-3-5-15(6-4-13)24-12-17(23)20-8-1-2-14(11-20)21-9-7-19-10-16(21)22;/h3-6,14,19H,1-2,7-12H2;1H. The van der Waals surface area contributed by atoms with E-state index < -0.39 is 0 Å². The lowest BCUT2D eigenvalue weighted by Crippen LogP contribution is -2.57. The second-order valence-corrected chi connectivity index (χ2v) is 6.14. The molecule has 2 amide bonds. The predicted octanol–water partition coefficient (Wildman–Crippen LogP) is 1.05. The predicted molar refractivity (Wildman–Crippen MR) is 93.3 cm³/mol. The Balaban J connectivity index is 0.00000225. The molecular formula is C17H23ClFN3O3. The molecule has 2 aliphatic heterocycles. The number of hydrogen-bond donors (Lipinski definition) is 1. The van der Waals surface area contributed by atoms with Gasteiger partial charge in [0.1, 0.15) is 11.6 Å². The van der Waals surface area contributed by atoms with Gasteiger partial charge in [0.15, 0.2) is 6.61 Å². The average molecular weight is 372 g/mol. The van der Waals surface area contributed by atoms with Crippen molar-refractivity contribution in [1.29, 1.82) is 0 Å². The fourth-order valence-corrected chi connectivity index (χ4v) is 3.21. The fraction of sp³-hybridized carbons (Fsp3) is 0.529. The number of amides is 2. The second-order valence-electron chi connectivity index (χ2n) is 6.14. The molecule has 0 spiro atoms. The minimum atomic E-state index is -0.340. The van der Waals surface area contributed by atoms with Crippen LogP contribution in [0.4, 0.5) is 4.39 Å². The summed E-state index contributed by atoms with van der Waals surface area (Å²) in [5.74, 6) is 0.124. The number of carbonyl (C=O) groups is 2. The van der Waals surface area contributed by atoms with Gasteiger partial charge in [-0.05, 0) is 37.1 Å². The molecule has 3 rings (SSSR count). The van der Waals surface area contributed by atoms with Gasteiger partial charge < -0.3 is 19.9 Å². The van der Waals surface area contributed by atoms with Gasteiger partial charge >= 0.3 is 0 Å². The highest BCUT2D eigenvalue weighted by Crippen LogP contribution is 2.18. The lowest BCUT2D eigenvalue weighted by atomic mass is 10.0. The van der Waals surface area contributed by atoms with Crippen LogP contribution in [0.5, 0.6) is 5.75 Å². The van der Waals surface area contributed by atoms with Crippen molar-refractivity contribution in [3.05, 3.63) is 30.1 Å². The molecule has 0 bridgehead atoms. The molecular weight excluding hydrogens is 349 g/mol. The maximum atomic E-state index is 12.9. The molecule has 25 heavy (non-hydrogen) atoms. The quantitative estimate of drug-likeness (QED) is 0.859. The zero-order valence-corrected chi connectivity index (χ0v) is 14.8. The molecule has 6 nitrogen and oxygen atoms in total. The van der Waals surface area contributed by atoms with Crippen molar-refractivity contribution in [2.75, 3.05) is 39.3 Å². The van der Waals surface area contributed by atoms with Gasteiger partial charge in [-0.25, -0.2) is 4.39 Å². The maximum Gasteiger partial charge on any atom is 0.260 e. The molecule has 2 heterocycles. The molecule has 0 aliphatic carbocycles. The van der Waals surface area contributed by atoms with Gasteiger partial charge in [-0.1, -0.05) is 0 Å². The molecule has 2 fully saturated rings. The number of hydrogen-bond acceptors (Lipinski definition) is 4. The number of halogens is 2. The van der Waals surface area contributed by atoms with Crippen molar-refractivity contribution in [3.63, 3.8) is 0 Å². The van der Waals surface area contributed by atoms with Crippen LogP contribution in [0, 0.1) is 5.82 Å². The maximum absolute atomic E-state index is 12.9. The van der Waals surface area contributed by atoms with Crippen LogP contribution in [0.3, 0.4) is 0 Å². The summed E-state index contributed by atoms with van der Waals surface area (Å²) >= 11 is 0. The van der Waals surface area contributed by atoms with Crippen molar-refractivity contribution in [2.45, 2.75) is 18.9 Å². The SMILES string of the molecule is Cl.O=C(COc1ccc(F)cc1)N1CCCC(N2CCNCC2=O)C1. The van der Waals surface area contributed by atoms with Crippen LogP contribution in [0.25, 0.3) is 0 Å². The summed E-state index contributed by atoms with van der Waals surface area (Å²) in [4.78, 5) is 28.0. The number of nitrogens with one attached hydrogen (secondary N) is 1. The highest BCUT2D eigenvalue weighted by Gasteiger charge is 2.31. The first-order valence-electron chi connectivity index (χ1n) is 8.30. The Labute approximate surface area is 152 Å². The lowest BCUT2D eigenvalue weighted by Gasteiger charge is -2.41. The third-order valence-corrected chi connectivity index (χ3v) is 4.49. The molecule has 2 saturated heterocycles. The van der Waals surface area contributed by atoms with Gasteiger partial charge in [-0.3, -0.25) is 9.59 Å². The van der Waals surface area contributed by atoms with Crippen molar-refractivity contribution in [2.24, 2.45) is 0 Å². The highest BCUT2D eigenvalue weighted by molar-refractivity contribution is 5.85. The van der Waals surface area contributed by atoms with Crippen molar-refractivity contribution in [1.82, 2.24) is 15.1 Å². The molecule has 0 radical (unpaired) electrons. The summed E-state index contributed by atoms with van der Waals surface area (Å²) in [7, 11) is 0. The van der Waals surface area contributed by atoms with Crippen LogP contribution >= 0.6 is 12.4 Å². The number of ether oxygens (including phenoxy) is 1. The Kier molecular flexibility index (Phi) is 7.01. The van der Waals surface area contributed by atoms with Crippen molar-refractivity contribution < 1.29 is 18.7 Å². The average Bonchev–Trinajstić information content (AvgIpc) is 2.61. The van der Waals surface area contributed by atoms with E-state index in [1.165, 1.54) is 24.3 Å². The smallest absolute Gasteiger partial charge is 0.260 e. The first kappa shape index (κ1) is 19.5. The van der Waals surface area contributed by atoms with Crippen LogP contribution < -0.4 is 10.1 Å². The molecule has 1 atom stereocenters. The molecule has 2 aliphatic rings. The van der Waals surface area contributed by atoms with Crippen LogP contribution in [0.1, 0.15) is 12.8 Å². The van der Waals surface area contributed by atoms with Gasteiger partial charge in [0, 0.05) is 32.2 Å². The molecule has 1 unspecified atom stereocenters. The van der Waals surface area contributed by atoms with Gasteiger partial charge in [0.05, 0.1) is 6.54 Å². The number of carbonyl (C=O) groups excluding carboxylic acids is 2. The summed E-state index contributed by atoms with van der Waals surface area (Å²) in [6.45, 7) is 3.02. The Morgan fingerprint density at radius 1 is 1.28 bits per heavy atom. The Bertz CT molecular complexity index is 599. The normalized spacial score (nSPS) is 20.8.